The number of rotatable bonds is 6. The Bertz CT molecular complexity index is 1550. The molecule has 1 aliphatic rings. The Morgan fingerprint density at radius 3 is 2.77 bits per heavy atom. The van der Waals surface area contributed by atoms with Gasteiger partial charge in [-0.2, -0.15) is 0 Å². The Kier molecular flexibility index (Phi) is 6.19. The van der Waals surface area contributed by atoms with Crippen LogP contribution in [0.4, 0.5) is 8.78 Å². The van der Waals surface area contributed by atoms with Gasteiger partial charge in [0.15, 0.2) is 16.0 Å². The average molecular weight is 529 g/mol. The van der Waals surface area contributed by atoms with Crippen molar-refractivity contribution in [1.82, 2.24) is 20.4 Å². The number of amides is 1. The molecule has 12 heteroatoms. The summed E-state index contributed by atoms with van der Waals surface area (Å²) in [6, 6.07) is 10.1. The summed E-state index contributed by atoms with van der Waals surface area (Å²) in [6.45, 7) is 0.163. The van der Waals surface area contributed by atoms with Crippen molar-refractivity contribution in [2.45, 2.75) is 6.54 Å². The zero-order valence-electron chi connectivity index (χ0n) is 17.5. The third-order valence-electron chi connectivity index (χ3n) is 5.12. The molecule has 2 aromatic carbocycles. The van der Waals surface area contributed by atoms with Crippen molar-refractivity contribution in [2.24, 2.45) is 0 Å². The summed E-state index contributed by atoms with van der Waals surface area (Å²) in [5.74, 6) is -2.68. The Labute approximate surface area is 210 Å². The summed E-state index contributed by atoms with van der Waals surface area (Å²) in [5, 5.41) is 12.2. The predicted molar refractivity (Wildman–Crippen MR) is 135 cm³/mol. The van der Waals surface area contributed by atoms with Crippen molar-refractivity contribution in [1.29, 1.82) is 0 Å². The van der Waals surface area contributed by atoms with Gasteiger partial charge in [0.05, 0.1) is 28.0 Å². The summed E-state index contributed by atoms with van der Waals surface area (Å²) in [4.78, 5) is 32.6. The van der Waals surface area contributed by atoms with E-state index in [1.54, 1.807) is 23.6 Å². The Morgan fingerprint density at radius 2 is 2.00 bits per heavy atom. The molecular formula is C23H14F2N4O3S3. The molecule has 0 spiro atoms. The molecule has 1 saturated heterocycles. The molecule has 0 saturated carbocycles. The molecule has 0 atom stereocenters. The fourth-order valence-electron chi connectivity index (χ4n) is 3.42. The number of benzene rings is 2. The third-order valence-corrected chi connectivity index (χ3v) is 7.30. The van der Waals surface area contributed by atoms with E-state index in [0.29, 0.717) is 37.2 Å². The zero-order chi connectivity index (χ0) is 24.7. The predicted octanol–water partition coefficient (Wildman–Crippen LogP) is 5.17. The lowest BCUT2D eigenvalue weighted by molar-refractivity contribution is -0.124. The molecular weight excluding hydrogens is 514 g/mol. The number of carboxylic acids is 1. The lowest BCUT2D eigenvalue weighted by atomic mass is 10.1. The first kappa shape index (κ1) is 23.3. The van der Waals surface area contributed by atoms with Crippen LogP contribution in [0.1, 0.15) is 21.1 Å². The SMILES string of the molecule is O=C(O)c1ccc2nc(CNN3C(=O)C(=Cc4cc(-c5ccc(F)c(F)c5)cs4)SC3=S)[nH]c2c1. The maximum atomic E-state index is 13.6. The number of thiocarbonyl (C=S) groups is 1. The quantitative estimate of drug-likeness (QED) is 0.235. The van der Waals surface area contributed by atoms with E-state index in [1.807, 2.05) is 0 Å². The molecule has 176 valence electrons. The number of carbonyl (C=O) groups is 2. The molecule has 2 aromatic heterocycles. The molecule has 4 aromatic rings. The van der Waals surface area contributed by atoms with E-state index >= 15 is 0 Å². The monoisotopic (exact) mass is 528 g/mol. The van der Waals surface area contributed by atoms with Crippen LogP contribution in [-0.2, 0) is 11.3 Å². The number of fused-ring (bicyclic) bond motifs is 1. The zero-order valence-corrected chi connectivity index (χ0v) is 20.0. The highest BCUT2D eigenvalue weighted by molar-refractivity contribution is 8.26. The Hall–Kier alpha value is -3.45. The number of thioether (sulfide) groups is 1. The van der Waals surface area contributed by atoms with Gasteiger partial charge in [-0.15, -0.1) is 11.3 Å². The number of nitrogens with one attached hydrogen (secondary N) is 2. The van der Waals surface area contributed by atoms with Gasteiger partial charge in [0, 0.05) is 4.88 Å². The van der Waals surface area contributed by atoms with Gasteiger partial charge in [0.25, 0.3) is 5.91 Å². The van der Waals surface area contributed by atoms with E-state index in [9.17, 15) is 18.4 Å². The molecule has 5 rings (SSSR count). The number of hydrazine groups is 1. The summed E-state index contributed by atoms with van der Waals surface area (Å²) in [5.41, 5.74) is 5.52. The first-order valence-corrected chi connectivity index (χ1v) is 12.2. The first-order chi connectivity index (χ1) is 16.8. The number of hydrogen-bond acceptors (Lipinski definition) is 7. The van der Waals surface area contributed by atoms with Crippen molar-refractivity contribution in [3.8, 4) is 11.1 Å². The topological polar surface area (TPSA) is 98.3 Å². The van der Waals surface area contributed by atoms with Crippen LogP contribution in [0, 0.1) is 11.6 Å². The lowest BCUT2D eigenvalue weighted by Crippen LogP contribution is -2.40. The van der Waals surface area contributed by atoms with Crippen LogP contribution in [0.5, 0.6) is 0 Å². The van der Waals surface area contributed by atoms with E-state index in [0.717, 1.165) is 28.8 Å². The second-order valence-corrected chi connectivity index (χ2v) is 10.1. The minimum absolute atomic E-state index is 0.143. The summed E-state index contributed by atoms with van der Waals surface area (Å²) < 4.78 is 27.1. The Morgan fingerprint density at radius 1 is 1.17 bits per heavy atom. The average Bonchev–Trinajstić information content (AvgIpc) is 3.52. The van der Waals surface area contributed by atoms with Gasteiger partial charge in [-0.1, -0.05) is 30.0 Å². The normalized spacial score (nSPS) is 15.0. The van der Waals surface area contributed by atoms with Crippen molar-refractivity contribution < 1.29 is 23.5 Å². The van der Waals surface area contributed by atoms with E-state index in [1.165, 1.54) is 34.5 Å². The summed E-state index contributed by atoms with van der Waals surface area (Å²) >= 11 is 7.84. The van der Waals surface area contributed by atoms with E-state index in [4.69, 9.17) is 17.3 Å². The highest BCUT2D eigenvalue weighted by atomic mass is 32.2. The standard InChI is InChI=1S/C23H14F2N4O3S3/c24-15-3-1-11(6-16(15)25)13-5-14(34-10-13)8-19-21(30)29(23(33)35-19)26-9-20-27-17-4-2-12(22(31)32)7-18(17)28-20/h1-8,10,26H,9H2,(H,27,28)(H,31,32). The van der Waals surface area contributed by atoms with Gasteiger partial charge in [-0.05, 0) is 59.0 Å². The van der Waals surface area contributed by atoms with Gasteiger partial charge >= 0.3 is 5.97 Å². The van der Waals surface area contributed by atoms with Crippen LogP contribution in [0.15, 0.2) is 52.7 Å². The number of imidazole rings is 1. The van der Waals surface area contributed by atoms with Crippen LogP contribution in [0.2, 0.25) is 0 Å². The maximum Gasteiger partial charge on any atom is 0.335 e. The molecule has 0 radical (unpaired) electrons. The van der Waals surface area contributed by atoms with Crippen molar-refractivity contribution in [3.63, 3.8) is 0 Å². The number of aromatic carboxylic acids is 1. The Balaban J connectivity index is 1.29. The van der Waals surface area contributed by atoms with Crippen molar-refractivity contribution in [3.05, 3.63) is 80.6 Å². The fraction of sp³-hybridized carbons (Fsp3) is 0.0435. The molecule has 1 amide bonds. The molecule has 1 fully saturated rings. The number of nitrogens with zero attached hydrogens (tertiary/aromatic N) is 2. The van der Waals surface area contributed by atoms with E-state index in [2.05, 4.69) is 15.4 Å². The number of thiophene rings is 1. The number of halogens is 2. The lowest BCUT2D eigenvalue weighted by Gasteiger charge is -2.14. The molecule has 1 aliphatic heterocycles. The molecule has 7 nitrogen and oxygen atoms in total. The second kappa shape index (κ2) is 9.30. The molecule has 0 unspecified atom stereocenters. The van der Waals surface area contributed by atoms with Crippen LogP contribution in [0.25, 0.3) is 28.2 Å². The largest absolute Gasteiger partial charge is 0.478 e. The molecule has 0 aliphatic carbocycles. The number of H-pyrrole nitrogens is 1. The number of carboxylic acid groups (broad SMARTS) is 1. The van der Waals surface area contributed by atoms with E-state index in [-0.39, 0.29) is 18.0 Å². The van der Waals surface area contributed by atoms with Gasteiger partial charge in [-0.25, -0.2) is 29.0 Å². The molecule has 3 N–H and O–H groups in total. The van der Waals surface area contributed by atoms with Gasteiger partial charge in [-0.3, -0.25) is 4.79 Å². The van der Waals surface area contributed by atoms with Crippen LogP contribution in [-0.4, -0.2) is 36.3 Å². The van der Waals surface area contributed by atoms with Gasteiger partial charge < -0.3 is 10.1 Å². The highest BCUT2D eigenvalue weighted by Gasteiger charge is 2.32. The van der Waals surface area contributed by atoms with Crippen LogP contribution >= 0.6 is 35.3 Å². The van der Waals surface area contributed by atoms with Crippen molar-refractivity contribution >= 4 is 68.6 Å². The maximum absolute atomic E-state index is 13.6. The second-order valence-electron chi connectivity index (χ2n) is 7.44. The minimum atomic E-state index is -1.03. The van der Waals surface area contributed by atoms with Crippen molar-refractivity contribution in [2.75, 3.05) is 0 Å². The number of hydrogen-bond donors (Lipinski definition) is 3. The molecule has 35 heavy (non-hydrogen) atoms. The fourth-order valence-corrected chi connectivity index (χ4v) is 5.55. The number of carbonyl (C=O) groups excluding carboxylic acids is 1. The van der Waals surface area contributed by atoms with Crippen LogP contribution < -0.4 is 5.43 Å². The van der Waals surface area contributed by atoms with Gasteiger partial charge in [0.1, 0.15) is 5.82 Å². The summed E-state index contributed by atoms with van der Waals surface area (Å²) in [7, 11) is 0. The third kappa shape index (κ3) is 4.73. The van der Waals surface area contributed by atoms with Crippen LogP contribution in [0.3, 0.4) is 0 Å². The minimum Gasteiger partial charge on any atom is -0.478 e. The smallest absolute Gasteiger partial charge is 0.335 e. The number of aromatic nitrogens is 2. The molecule has 3 heterocycles. The first-order valence-electron chi connectivity index (χ1n) is 10.1. The van der Waals surface area contributed by atoms with Gasteiger partial charge in [0.2, 0.25) is 0 Å². The highest BCUT2D eigenvalue weighted by Crippen LogP contribution is 2.34. The molecule has 0 bridgehead atoms. The van der Waals surface area contributed by atoms with E-state index < -0.39 is 17.6 Å². The summed E-state index contributed by atoms with van der Waals surface area (Å²) in [6.07, 6.45) is 1.70. The number of aromatic amines is 1.